The number of halogens is 2. The molecule has 3 N–H and O–H groups in total. The van der Waals surface area contributed by atoms with Gasteiger partial charge in [0, 0.05) is 11.8 Å². The predicted molar refractivity (Wildman–Crippen MR) is 96.9 cm³/mol. The van der Waals surface area contributed by atoms with Gasteiger partial charge in [-0.05, 0) is 48.6 Å². The first-order chi connectivity index (χ1) is 13.8. The molecular formula is C19H19F2N3O5. The van der Waals surface area contributed by atoms with Crippen LogP contribution in [0.4, 0.5) is 14.6 Å². The molecule has 2 aliphatic rings. The van der Waals surface area contributed by atoms with Gasteiger partial charge in [-0.3, -0.25) is 9.36 Å². The number of aryl methyl sites for hydroxylation is 2. The molecule has 2 aromatic rings. The molecule has 0 saturated carbocycles. The highest BCUT2D eigenvalue weighted by Gasteiger charge is 2.59. The minimum absolute atomic E-state index is 0.0997. The largest absolute Gasteiger partial charge is 0.394 e. The molecule has 8 nitrogen and oxygen atoms in total. The van der Waals surface area contributed by atoms with Gasteiger partial charge in [-0.15, -0.1) is 0 Å². The topological polar surface area (TPSA) is 114 Å². The average molecular weight is 407 g/mol. The Morgan fingerprint density at radius 2 is 2.07 bits per heavy atom. The van der Waals surface area contributed by atoms with Gasteiger partial charge in [0.2, 0.25) is 6.23 Å². The predicted octanol–water partition coefficient (Wildman–Crippen LogP) is 0.870. The van der Waals surface area contributed by atoms with Crippen LogP contribution in [0.3, 0.4) is 0 Å². The van der Waals surface area contributed by atoms with Gasteiger partial charge < -0.3 is 20.3 Å². The number of carbonyl (C=O) groups is 1. The first kappa shape index (κ1) is 19.6. The molecule has 0 spiro atoms. The fraction of sp³-hybridized carbons (Fsp3) is 0.421. The number of carbonyl (C=O) groups excluding carboxylic acids is 1. The average Bonchev–Trinajstić information content (AvgIpc) is 3.24. The minimum Gasteiger partial charge on any atom is -0.394 e. The van der Waals surface area contributed by atoms with E-state index in [1.165, 1.54) is 11.6 Å². The van der Waals surface area contributed by atoms with E-state index in [9.17, 15) is 23.5 Å². The van der Waals surface area contributed by atoms with E-state index < -0.39 is 42.6 Å². The number of aromatic nitrogens is 2. The lowest BCUT2D eigenvalue weighted by atomic mass is 10.1. The number of hydrogen-bond acceptors (Lipinski definition) is 6. The summed E-state index contributed by atoms with van der Waals surface area (Å²) in [4.78, 5) is 28.3. The summed E-state index contributed by atoms with van der Waals surface area (Å²) >= 11 is 0. The van der Waals surface area contributed by atoms with Crippen molar-refractivity contribution in [3.63, 3.8) is 0 Å². The maximum absolute atomic E-state index is 14.2. The first-order valence-corrected chi connectivity index (χ1v) is 9.16. The normalized spacial score (nSPS) is 25.0. The van der Waals surface area contributed by atoms with Crippen molar-refractivity contribution in [1.82, 2.24) is 9.55 Å². The molecule has 1 amide bonds. The van der Waals surface area contributed by atoms with Crippen LogP contribution in [0.1, 0.15) is 34.1 Å². The zero-order chi connectivity index (χ0) is 20.8. The smallest absolute Gasteiger partial charge is 0.351 e. The number of rotatable bonds is 4. The van der Waals surface area contributed by atoms with Gasteiger partial charge in [-0.25, -0.2) is 4.79 Å². The second-order valence-electron chi connectivity index (χ2n) is 7.12. The molecule has 0 radical (unpaired) electrons. The molecule has 1 aliphatic carbocycles. The summed E-state index contributed by atoms with van der Waals surface area (Å²) < 4.78 is 33.8. The molecule has 1 saturated heterocycles. The Bertz CT molecular complexity index is 1010. The SMILES string of the molecule is O=C(Nc1ccn([C@@H]2O[C@H](CO)[C@@H](O)C2(F)F)c(=O)n1)c1ccc2c(c1)CCC2. The van der Waals surface area contributed by atoms with Gasteiger partial charge in [0.1, 0.15) is 11.9 Å². The molecule has 4 rings (SSSR count). The van der Waals surface area contributed by atoms with Crippen molar-refractivity contribution >= 4 is 11.7 Å². The van der Waals surface area contributed by atoms with E-state index in [1.807, 2.05) is 6.07 Å². The van der Waals surface area contributed by atoms with Crippen LogP contribution in [0, 0.1) is 0 Å². The van der Waals surface area contributed by atoms with Crippen molar-refractivity contribution < 1.29 is 28.5 Å². The lowest BCUT2D eigenvalue weighted by Crippen LogP contribution is -2.41. The fourth-order valence-corrected chi connectivity index (χ4v) is 3.68. The van der Waals surface area contributed by atoms with E-state index in [1.54, 1.807) is 12.1 Å². The molecule has 1 aromatic heterocycles. The van der Waals surface area contributed by atoms with E-state index in [2.05, 4.69) is 10.3 Å². The Balaban J connectivity index is 1.53. The van der Waals surface area contributed by atoms with E-state index in [0.29, 0.717) is 10.1 Å². The summed E-state index contributed by atoms with van der Waals surface area (Å²) in [6.07, 6.45) is -1.98. The highest BCUT2D eigenvalue weighted by Crippen LogP contribution is 2.41. The van der Waals surface area contributed by atoms with Crippen molar-refractivity contribution in [1.29, 1.82) is 0 Å². The number of amides is 1. The summed E-state index contributed by atoms with van der Waals surface area (Å²) in [5, 5.41) is 21.1. The van der Waals surface area contributed by atoms with Crippen LogP contribution in [-0.4, -0.2) is 50.4 Å². The Morgan fingerprint density at radius 1 is 1.31 bits per heavy atom. The third-order valence-corrected chi connectivity index (χ3v) is 5.24. The highest BCUT2D eigenvalue weighted by molar-refractivity contribution is 6.03. The van der Waals surface area contributed by atoms with Crippen LogP contribution >= 0.6 is 0 Å². The second kappa shape index (κ2) is 7.29. The molecule has 3 atom stereocenters. The lowest BCUT2D eigenvalue weighted by Gasteiger charge is -2.21. The van der Waals surface area contributed by atoms with Crippen LogP contribution in [-0.2, 0) is 17.6 Å². The lowest BCUT2D eigenvalue weighted by molar-refractivity contribution is -0.140. The maximum atomic E-state index is 14.2. The Labute approximate surface area is 163 Å². The number of ether oxygens (including phenoxy) is 1. The summed E-state index contributed by atoms with van der Waals surface area (Å²) in [5.74, 6) is -4.37. The number of hydrogen-bond donors (Lipinski definition) is 3. The number of fused-ring (bicyclic) bond motifs is 1. The number of aliphatic hydroxyl groups is 2. The monoisotopic (exact) mass is 407 g/mol. The molecule has 1 fully saturated rings. The molecular weight excluding hydrogens is 388 g/mol. The zero-order valence-electron chi connectivity index (χ0n) is 15.2. The summed E-state index contributed by atoms with van der Waals surface area (Å²) in [7, 11) is 0. The van der Waals surface area contributed by atoms with Crippen molar-refractivity contribution in [2.45, 2.75) is 43.6 Å². The Hall–Kier alpha value is -2.69. The standard InChI is InChI=1S/C19H19F2N3O5/c20-19(21)15(26)13(9-25)29-17(19)24-7-6-14(23-18(24)28)22-16(27)12-5-4-10-2-1-3-11(10)8-12/h4-8,13,15,17,25-26H,1-3,9H2,(H,22,23,27,28)/t13-,15-,17-/m1/s1. The molecule has 1 aromatic carbocycles. The fourth-order valence-electron chi connectivity index (χ4n) is 3.68. The van der Waals surface area contributed by atoms with Gasteiger partial charge in [-0.2, -0.15) is 13.8 Å². The highest BCUT2D eigenvalue weighted by atomic mass is 19.3. The third-order valence-electron chi connectivity index (χ3n) is 5.24. The first-order valence-electron chi connectivity index (χ1n) is 9.16. The summed E-state index contributed by atoms with van der Waals surface area (Å²) in [6, 6.07) is 6.56. The number of benzene rings is 1. The van der Waals surface area contributed by atoms with Crippen molar-refractivity contribution in [2.24, 2.45) is 0 Å². The zero-order valence-corrected chi connectivity index (χ0v) is 15.2. The van der Waals surface area contributed by atoms with E-state index in [-0.39, 0.29) is 5.82 Å². The number of nitrogens with one attached hydrogen (secondary N) is 1. The quantitative estimate of drug-likeness (QED) is 0.693. The molecule has 1 aliphatic heterocycles. The Morgan fingerprint density at radius 3 is 2.76 bits per heavy atom. The summed E-state index contributed by atoms with van der Waals surface area (Å²) in [5.41, 5.74) is 1.64. The molecule has 0 unspecified atom stereocenters. The molecule has 10 heteroatoms. The van der Waals surface area contributed by atoms with Gasteiger partial charge >= 0.3 is 11.6 Å². The van der Waals surface area contributed by atoms with Crippen LogP contribution in [0.25, 0.3) is 0 Å². The molecule has 2 heterocycles. The van der Waals surface area contributed by atoms with Crippen LogP contribution in [0.15, 0.2) is 35.3 Å². The van der Waals surface area contributed by atoms with Crippen molar-refractivity contribution in [3.05, 3.63) is 57.6 Å². The third kappa shape index (κ3) is 3.43. The Kier molecular flexibility index (Phi) is 4.93. The van der Waals surface area contributed by atoms with E-state index in [4.69, 9.17) is 9.84 Å². The van der Waals surface area contributed by atoms with Crippen molar-refractivity contribution in [2.75, 3.05) is 11.9 Å². The number of nitrogens with zero attached hydrogens (tertiary/aromatic N) is 2. The van der Waals surface area contributed by atoms with Gasteiger partial charge in [0.05, 0.1) is 6.61 Å². The van der Waals surface area contributed by atoms with Crippen LogP contribution < -0.4 is 11.0 Å². The maximum Gasteiger partial charge on any atom is 0.351 e. The van der Waals surface area contributed by atoms with E-state index >= 15 is 0 Å². The second-order valence-corrected chi connectivity index (χ2v) is 7.12. The number of aliphatic hydroxyl groups excluding tert-OH is 2. The van der Waals surface area contributed by atoms with Gasteiger partial charge in [0.15, 0.2) is 6.10 Å². The van der Waals surface area contributed by atoms with Gasteiger partial charge in [-0.1, -0.05) is 6.07 Å². The number of alkyl halides is 2. The number of anilines is 1. The molecule has 29 heavy (non-hydrogen) atoms. The van der Waals surface area contributed by atoms with Crippen LogP contribution in [0.2, 0.25) is 0 Å². The molecule has 154 valence electrons. The van der Waals surface area contributed by atoms with Crippen molar-refractivity contribution in [3.8, 4) is 0 Å². The molecule has 0 bridgehead atoms. The minimum atomic E-state index is -3.80. The summed E-state index contributed by atoms with van der Waals surface area (Å²) in [6.45, 7) is -0.829. The van der Waals surface area contributed by atoms with E-state index in [0.717, 1.165) is 31.0 Å². The van der Waals surface area contributed by atoms with Gasteiger partial charge in [0.25, 0.3) is 5.91 Å². The van der Waals surface area contributed by atoms with Crippen LogP contribution in [0.5, 0.6) is 0 Å².